The van der Waals surface area contributed by atoms with E-state index in [0.29, 0.717) is 13.1 Å². The highest BCUT2D eigenvalue weighted by Gasteiger charge is 2.38. The first-order valence-corrected chi connectivity index (χ1v) is 9.15. The van der Waals surface area contributed by atoms with Crippen molar-refractivity contribution in [2.45, 2.75) is 46.3 Å². The zero-order chi connectivity index (χ0) is 17.9. The number of aryl methyl sites for hydroxylation is 3. The molecular formula is C18H25N3O2S. The molecule has 2 amide bonds. The average molecular weight is 347 g/mol. The number of amides is 2. The fourth-order valence-corrected chi connectivity index (χ4v) is 4.19. The molecule has 24 heavy (non-hydrogen) atoms. The lowest BCUT2D eigenvalue weighted by atomic mass is 10.0. The zero-order valence-corrected chi connectivity index (χ0v) is 15.8. The fraction of sp³-hybridized carbons (Fsp3) is 0.500. The Kier molecular flexibility index (Phi) is 6.04. The first-order valence-electron chi connectivity index (χ1n) is 8.27. The van der Waals surface area contributed by atoms with Crippen molar-refractivity contribution in [1.29, 1.82) is 0 Å². The van der Waals surface area contributed by atoms with Gasteiger partial charge in [0.2, 0.25) is 11.8 Å². The molecule has 1 fully saturated rings. The number of amidine groups is 1. The van der Waals surface area contributed by atoms with Crippen LogP contribution in [-0.4, -0.2) is 40.2 Å². The normalized spacial score (nSPS) is 19.2. The molecule has 1 N–H and O–H groups in total. The number of aliphatic imine (C=N–C) groups is 1. The van der Waals surface area contributed by atoms with Crippen LogP contribution in [0, 0.1) is 20.8 Å². The predicted molar refractivity (Wildman–Crippen MR) is 101 cm³/mol. The number of thioether (sulfide) groups is 1. The van der Waals surface area contributed by atoms with Gasteiger partial charge in [-0.1, -0.05) is 29.5 Å². The Morgan fingerprint density at radius 3 is 2.42 bits per heavy atom. The summed E-state index contributed by atoms with van der Waals surface area (Å²) in [5.74, 6) is -0.160. The van der Waals surface area contributed by atoms with Crippen LogP contribution in [0.25, 0.3) is 0 Å². The van der Waals surface area contributed by atoms with Crippen LogP contribution < -0.4 is 5.32 Å². The fourth-order valence-electron chi connectivity index (χ4n) is 2.92. The van der Waals surface area contributed by atoms with E-state index in [-0.39, 0.29) is 23.5 Å². The van der Waals surface area contributed by atoms with Crippen LogP contribution in [-0.2, 0) is 9.59 Å². The molecule has 5 nitrogen and oxygen atoms in total. The molecule has 0 bridgehead atoms. The number of benzene rings is 1. The second kappa shape index (κ2) is 7.83. The molecule has 1 aromatic rings. The molecule has 1 heterocycles. The highest BCUT2D eigenvalue weighted by Crippen LogP contribution is 2.30. The van der Waals surface area contributed by atoms with Crippen LogP contribution in [0.3, 0.4) is 0 Å². The monoisotopic (exact) mass is 347 g/mol. The van der Waals surface area contributed by atoms with Crippen molar-refractivity contribution in [2.24, 2.45) is 4.99 Å². The topological polar surface area (TPSA) is 61.8 Å². The molecule has 1 aliphatic heterocycles. The number of carbonyl (C=O) groups excluding carboxylic acids is 2. The van der Waals surface area contributed by atoms with Gasteiger partial charge in [0.05, 0.1) is 0 Å². The maximum absolute atomic E-state index is 12.4. The molecular weight excluding hydrogens is 322 g/mol. The highest BCUT2D eigenvalue weighted by atomic mass is 32.2. The summed E-state index contributed by atoms with van der Waals surface area (Å²) >= 11 is 1.39. The number of nitrogens with one attached hydrogen (secondary N) is 1. The van der Waals surface area contributed by atoms with Crippen molar-refractivity contribution >= 4 is 34.4 Å². The second-order valence-electron chi connectivity index (χ2n) is 5.97. The van der Waals surface area contributed by atoms with E-state index in [0.717, 1.165) is 22.0 Å². The van der Waals surface area contributed by atoms with Gasteiger partial charge in [0.25, 0.3) is 0 Å². The van der Waals surface area contributed by atoms with Crippen molar-refractivity contribution in [1.82, 2.24) is 4.90 Å². The van der Waals surface area contributed by atoms with E-state index in [2.05, 4.69) is 10.3 Å². The molecule has 2 rings (SSSR count). The lowest BCUT2D eigenvalue weighted by molar-refractivity contribution is -0.128. The highest BCUT2D eigenvalue weighted by molar-refractivity contribution is 8.15. The van der Waals surface area contributed by atoms with Gasteiger partial charge in [0.15, 0.2) is 5.17 Å². The molecule has 6 heteroatoms. The van der Waals surface area contributed by atoms with Crippen molar-refractivity contribution in [3.63, 3.8) is 0 Å². The van der Waals surface area contributed by atoms with Crippen LogP contribution in [0.2, 0.25) is 0 Å². The minimum atomic E-state index is -0.388. The van der Waals surface area contributed by atoms with Gasteiger partial charge in [-0.05, 0) is 45.7 Å². The van der Waals surface area contributed by atoms with Gasteiger partial charge in [-0.25, -0.2) is 0 Å². The Bertz CT molecular complexity index is 662. The summed E-state index contributed by atoms with van der Waals surface area (Å²) in [5, 5.41) is 3.31. The lowest BCUT2D eigenvalue weighted by Crippen LogP contribution is -2.33. The Balaban J connectivity index is 2.08. The van der Waals surface area contributed by atoms with Gasteiger partial charge in [0.1, 0.15) is 5.25 Å². The number of hydrogen-bond donors (Lipinski definition) is 1. The van der Waals surface area contributed by atoms with E-state index >= 15 is 0 Å². The largest absolute Gasteiger partial charge is 0.326 e. The number of carbonyl (C=O) groups is 2. The molecule has 0 aromatic heterocycles. The summed E-state index contributed by atoms with van der Waals surface area (Å²) < 4.78 is 0. The third-order valence-corrected chi connectivity index (χ3v) is 5.16. The van der Waals surface area contributed by atoms with E-state index in [1.807, 2.05) is 46.8 Å². The summed E-state index contributed by atoms with van der Waals surface area (Å²) in [5.41, 5.74) is 4.09. The minimum Gasteiger partial charge on any atom is -0.326 e. The Hall–Kier alpha value is -1.82. The van der Waals surface area contributed by atoms with Crippen LogP contribution in [0.4, 0.5) is 5.69 Å². The standard InChI is InChI=1S/C18H25N3O2S/c1-6-19-18-21(7-2)17(23)14(24-18)10-15(22)20-16-12(4)8-11(3)9-13(16)5/h8-9,14H,6-7,10H2,1-5H3,(H,20,22). The smallest absolute Gasteiger partial charge is 0.242 e. The maximum Gasteiger partial charge on any atom is 0.242 e. The van der Waals surface area contributed by atoms with Gasteiger partial charge in [-0.15, -0.1) is 0 Å². The molecule has 0 aliphatic carbocycles. The van der Waals surface area contributed by atoms with E-state index < -0.39 is 0 Å². The van der Waals surface area contributed by atoms with Crippen molar-refractivity contribution in [2.75, 3.05) is 18.4 Å². The van der Waals surface area contributed by atoms with Crippen LogP contribution in [0.1, 0.15) is 37.0 Å². The number of rotatable bonds is 5. The number of nitrogens with zero attached hydrogens (tertiary/aromatic N) is 2. The van der Waals surface area contributed by atoms with Crippen LogP contribution >= 0.6 is 11.8 Å². The van der Waals surface area contributed by atoms with Gasteiger partial charge >= 0.3 is 0 Å². The average Bonchev–Trinajstić information content (AvgIpc) is 2.78. The number of hydrogen-bond acceptors (Lipinski definition) is 4. The SMILES string of the molecule is CCN=C1SC(CC(=O)Nc2c(C)cc(C)cc2C)C(=O)N1CC. The summed E-state index contributed by atoms with van der Waals surface area (Å²) in [7, 11) is 0. The molecule has 0 radical (unpaired) electrons. The Morgan fingerprint density at radius 1 is 1.25 bits per heavy atom. The van der Waals surface area contributed by atoms with Gasteiger partial charge in [0, 0.05) is 25.2 Å². The molecule has 1 aromatic carbocycles. The van der Waals surface area contributed by atoms with E-state index in [1.54, 1.807) is 4.90 Å². The second-order valence-corrected chi connectivity index (χ2v) is 7.14. The molecule has 1 saturated heterocycles. The van der Waals surface area contributed by atoms with Crippen molar-refractivity contribution in [3.05, 3.63) is 28.8 Å². The summed E-state index contributed by atoms with van der Waals surface area (Å²) in [6.07, 6.45) is 0.162. The Labute approximate surface area is 147 Å². The van der Waals surface area contributed by atoms with E-state index in [4.69, 9.17) is 0 Å². The van der Waals surface area contributed by atoms with E-state index in [1.165, 1.54) is 17.3 Å². The Morgan fingerprint density at radius 2 is 1.88 bits per heavy atom. The lowest BCUT2D eigenvalue weighted by Gasteiger charge is -2.14. The molecule has 0 spiro atoms. The molecule has 1 atom stereocenters. The maximum atomic E-state index is 12.4. The first-order chi connectivity index (χ1) is 11.4. The van der Waals surface area contributed by atoms with E-state index in [9.17, 15) is 9.59 Å². The first kappa shape index (κ1) is 18.5. The van der Waals surface area contributed by atoms with Crippen LogP contribution in [0.5, 0.6) is 0 Å². The molecule has 130 valence electrons. The third-order valence-electron chi connectivity index (χ3n) is 3.94. The van der Waals surface area contributed by atoms with Gasteiger partial charge < -0.3 is 5.32 Å². The van der Waals surface area contributed by atoms with Crippen LogP contribution in [0.15, 0.2) is 17.1 Å². The van der Waals surface area contributed by atoms with Crippen molar-refractivity contribution in [3.8, 4) is 0 Å². The summed E-state index contributed by atoms with van der Waals surface area (Å²) in [6, 6.07) is 4.09. The zero-order valence-electron chi connectivity index (χ0n) is 15.0. The minimum absolute atomic E-state index is 0.0257. The van der Waals surface area contributed by atoms with Crippen molar-refractivity contribution < 1.29 is 9.59 Å². The summed E-state index contributed by atoms with van der Waals surface area (Å²) in [4.78, 5) is 30.9. The van der Waals surface area contributed by atoms with Gasteiger partial charge in [-0.3, -0.25) is 19.5 Å². The quantitative estimate of drug-likeness (QED) is 0.889. The number of anilines is 1. The molecule has 1 aliphatic rings. The summed E-state index contributed by atoms with van der Waals surface area (Å²) in [6.45, 7) is 11.1. The molecule has 1 unspecified atom stereocenters. The third kappa shape index (κ3) is 3.98. The molecule has 0 saturated carbocycles. The predicted octanol–water partition coefficient (Wildman–Crippen LogP) is 3.28. The van der Waals surface area contributed by atoms with Gasteiger partial charge in [-0.2, -0.15) is 0 Å².